The predicted octanol–water partition coefficient (Wildman–Crippen LogP) is 2.83. The van der Waals surface area contributed by atoms with Crippen molar-refractivity contribution in [2.75, 3.05) is 6.61 Å². The Morgan fingerprint density at radius 3 is 2.53 bits per heavy atom. The van der Waals surface area contributed by atoms with Crippen LogP contribution in [0.2, 0.25) is 0 Å². The van der Waals surface area contributed by atoms with Gasteiger partial charge in [0.15, 0.2) is 5.78 Å². The monoisotopic (exact) mass is 344 g/mol. The lowest BCUT2D eigenvalue weighted by atomic mass is 10.2. The molecule has 0 aliphatic heterocycles. The van der Waals surface area contributed by atoms with Gasteiger partial charge in [0.25, 0.3) is 0 Å². The quantitative estimate of drug-likeness (QED) is 0.357. The minimum Gasteiger partial charge on any atom is -0.466 e. The van der Waals surface area contributed by atoms with E-state index in [1.807, 2.05) is 24.3 Å². The molecule has 0 amide bonds. The summed E-state index contributed by atoms with van der Waals surface area (Å²) < 4.78 is 5.82. The first kappa shape index (κ1) is 13.9. The zero-order chi connectivity index (χ0) is 12.7. The molecule has 4 heteroatoms. The Morgan fingerprint density at radius 1 is 1.29 bits per heavy atom. The van der Waals surface area contributed by atoms with E-state index in [1.54, 1.807) is 13.0 Å². The molecule has 0 aliphatic rings. The summed E-state index contributed by atoms with van der Waals surface area (Å²) in [6, 6.07) is 7.73. The van der Waals surface area contributed by atoms with Gasteiger partial charge >= 0.3 is 5.97 Å². The summed E-state index contributed by atoms with van der Waals surface area (Å²) in [4.78, 5) is 22.4. The van der Waals surface area contributed by atoms with E-state index in [0.29, 0.717) is 6.61 Å². The maximum absolute atomic E-state index is 11.4. The van der Waals surface area contributed by atoms with E-state index in [9.17, 15) is 9.59 Å². The first-order chi connectivity index (χ1) is 8.11. The molecule has 0 heterocycles. The Labute approximate surface area is 114 Å². The number of ketones is 1. The van der Waals surface area contributed by atoms with Crippen LogP contribution in [0.3, 0.4) is 0 Å². The smallest absolute Gasteiger partial charge is 0.313 e. The van der Waals surface area contributed by atoms with Crippen molar-refractivity contribution >= 4 is 40.4 Å². The van der Waals surface area contributed by atoms with Crippen LogP contribution in [0.15, 0.2) is 30.3 Å². The number of ether oxygens (including phenoxy) is 1. The summed E-state index contributed by atoms with van der Waals surface area (Å²) in [5.74, 6) is -0.730. The van der Waals surface area contributed by atoms with Crippen molar-refractivity contribution in [2.24, 2.45) is 0 Å². The van der Waals surface area contributed by atoms with Crippen molar-refractivity contribution in [1.82, 2.24) is 0 Å². The first-order valence-corrected chi connectivity index (χ1v) is 6.32. The molecule has 0 saturated heterocycles. The van der Waals surface area contributed by atoms with Crippen LogP contribution in [0, 0.1) is 3.57 Å². The molecule has 0 bridgehead atoms. The van der Waals surface area contributed by atoms with Gasteiger partial charge in [0.05, 0.1) is 6.61 Å². The summed E-state index contributed by atoms with van der Waals surface area (Å²) >= 11 is 2.21. The second kappa shape index (κ2) is 7.21. The predicted molar refractivity (Wildman–Crippen MR) is 74.5 cm³/mol. The van der Waals surface area contributed by atoms with Crippen LogP contribution < -0.4 is 0 Å². The Morgan fingerprint density at radius 2 is 1.94 bits per heavy atom. The van der Waals surface area contributed by atoms with Crippen LogP contribution in [0.5, 0.6) is 0 Å². The molecule has 0 aromatic heterocycles. The third-order valence-corrected chi connectivity index (χ3v) is 2.67. The highest BCUT2D eigenvalue weighted by atomic mass is 127. The molecule has 1 aromatic rings. The van der Waals surface area contributed by atoms with E-state index in [-0.39, 0.29) is 12.2 Å². The Bertz CT molecular complexity index is 421. The summed E-state index contributed by atoms with van der Waals surface area (Å²) in [7, 11) is 0. The number of allylic oxidation sites excluding steroid dienone is 1. The van der Waals surface area contributed by atoms with Crippen molar-refractivity contribution in [2.45, 2.75) is 13.3 Å². The van der Waals surface area contributed by atoms with Gasteiger partial charge in [0, 0.05) is 3.57 Å². The first-order valence-electron chi connectivity index (χ1n) is 5.24. The fraction of sp³-hybridized carbons (Fsp3) is 0.231. The normalized spacial score (nSPS) is 10.5. The van der Waals surface area contributed by atoms with Gasteiger partial charge in [0.2, 0.25) is 0 Å². The van der Waals surface area contributed by atoms with Crippen LogP contribution in [-0.2, 0) is 14.3 Å². The minimum absolute atomic E-state index is 0.200. The highest BCUT2D eigenvalue weighted by Gasteiger charge is 2.06. The lowest BCUT2D eigenvalue weighted by molar-refractivity contribution is -0.144. The molecular formula is C13H13IO3. The molecular weight excluding hydrogens is 331 g/mol. The Balaban J connectivity index is 2.50. The SMILES string of the molecule is CCOC(=O)CC(=O)C=Cc1ccc(I)cc1. The number of esters is 1. The summed E-state index contributed by atoms with van der Waals surface area (Å²) in [5, 5.41) is 0. The van der Waals surface area contributed by atoms with E-state index in [2.05, 4.69) is 27.3 Å². The van der Waals surface area contributed by atoms with Crippen LogP contribution in [0.25, 0.3) is 6.08 Å². The molecule has 0 fully saturated rings. The standard InChI is InChI=1S/C13H13IO3/c1-2-17-13(16)9-12(15)8-5-10-3-6-11(14)7-4-10/h3-8H,2,9H2,1H3. The molecule has 3 nitrogen and oxygen atoms in total. The van der Waals surface area contributed by atoms with Gasteiger partial charge < -0.3 is 4.74 Å². The van der Waals surface area contributed by atoms with E-state index >= 15 is 0 Å². The number of halogens is 1. The second-order valence-electron chi connectivity index (χ2n) is 3.33. The number of hydrogen-bond acceptors (Lipinski definition) is 3. The topological polar surface area (TPSA) is 43.4 Å². The van der Waals surface area contributed by atoms with Gasteiger partial charge in [-0.25, -0.2) is 0 Å². The van der Waals surface area contributed by atoms with Crippen LogP contribution >= 0.6 is 22.6 Å². The molecule has 1 rings (SSSR count). The molecule has 0 atom stereocenters. The summed E-state index contributed by atoms with van der Waals surface area (Å²) in [6.07, 6.45) is 2.89. The van der Waals surface area contributed by atoms with Gasteiger partial charge in [-0.2, -0.15) is 0 Å². The van der Waals surface area contributed by atoms with Crippen molar-refractivity contribution in [3.63, 3.8) is 0 Å². The second-order valence-corrected chi connectivity index (χ2v) is 4.58. The maximum atomic E-state index is 11.4. The van der Waals surface area contributed by atoms with Crippen LogP contribution in [0.4, 0.5) is 0 Å². The highest BCUT2D eigenvalue weighted by molar-refractivity contribution is 14.1. The third-order valence-electron chi connectivity index (χ3n) is 1.96. The number of carbonyl (C=O) groups excluding carboxylic acids is 2. The molecule has 90 valence electrons. The number of benzene rings is 1. The van der Waals surface area contributed by atoms with Crippen LogP contribution in [-0.4, -0.2) is 18.4 Å². The lowest BCUT2D eigenvalue weighted by Gasteiger charge is -1.98. The van der Waals surface area contributed by atoms with Crippen molar-refractivity contribution in [1.29, 1.82) is 0 Å². The zero-order valence-corrected chi connectivity index (χ0v) is 11.6. The average molecular weight is 344 g/mol. The van der Waals surface area contributed by atoms with Crippen LogP contribution in [0.1, 0.15) is 18.9 Å². The van der Waals surface area contributed by atoms with Gasteiger partial charge in [-0.15, -0.1) is 0 Å². The molecule has 0 aliphatic carbocycles. The molecule has 17 heavy (non-hydrogen) atoms. The Kier molecular flexibility index (Phi) is 5.90. The molecule has 0 N–H and O–H groups in total. The van der Waals surface area contributed by atoms with E-state index < -0.39 is 5.97 Å². The number of rotatable bonds is 5. The van der Waals surface area contributed by atoms with Crippen molar-refractivity contribution in [3.05, 3.63) is 39.5 Å². The minimum atomic E-state index is -0.482. The fourth-order valence-corrected chi connectivity index (χ4v) is 1.54. The molecule has 1 aromatic carbocycles. The van der Waals surface area contributed by atoms with E-state index in [0.717, 1.165) is 9.13 Å². The molecule has 0 unspecified atom stereocenters. The number of hydrogen-bond donors (Lipinski definition) is 0. The van der Waals surface area contributed by atoms with Crippen molar-refractivity contribution < 1.29 is 14.3 Å². The highest BCUT2D eigenvalue weighted by Crippen LogP contribution is 2.08. The van der Waals surface area contributed by atoms with E-state index in [4.69, 9.17) is 0 Å². The van der Waals surface area contributed by atoms with Gasteiger partial charge in [0.1, 0.15) is 6.42 Å². The van der Waals surface area contributed by atoms with Crippen molar-refractivity contribution in [3.8, 4) is 0 Å². The van der Waals surface area contributed by atoms with Gasteiger partial charge in [-0.3, -0.25) is 9.59 Å². The Hall–Kier alpha value is -1.17. The zero-order valence-electron chi connectivity index (χ0n) is 9.48. The molecule has 0 spiro atoms. The summed E-state index contributed by atoms with van der Waals surface area (Å²) in [6.45, 7) is 2.01. The summed E-state index contributed by atoms with van der Waals surface area (Å²) in [5.41, 5.74) is 0.933. The maximum Gasteiger partial charge on any atom is 0.313 e. The average Bonchev–Trinajstić information content (AvgIpc) is 2.28. The lowest BCUT2D eigenvalue weighted by Crippen LogP contribution is -2.08. The largest absolute Gasteiger partial charge is 0.466 e. The van der Waals surface area contributed by atoms with Gasteiger partial charge in [-0.1, -0.05) is 18.2 Å². The van der Waals surface area contributed by atoms with Gasteiger partial charge in [-0.05, 0) is 53.3 Å². The number of carbonyl (C=O) groups is 2. The van der Waals surface area contributed by atoms with E-state index in [1.165, 1.54) is 6.08 Å². The fourth-order valence-electron chi connectivity index (χ4n) is 1.18. The third kappa shape index (κ3) is 5.63. The molecule has 0 radical (unpaired) electrons. The molecule has 0 saturated carbocycles.